The highest BCUT2D eigenvalue weighted by Gasteiger charge is 2.05. The molecule has 0 amide bonds. The normalized spacial score (nSPS) is 12.8. The molecule has 1 aromatic carbocycles. The third-order valence-electron chi connectivity index (χ3n) is 2.42. The Morgan fingerprint density at radius 2 is 2.14 bits per heavy atom. The van der Waals surface area contributed by atoms with Crippen LogP contribution >= 0.6 is 0 Å². The van der Waals surface area contributed by atoms with Gasteiger partial charge in [0, 0.05) is 6.04 Å². The summed E-state index contributed by atoms with van der Waals surface area (Å²) in [6.07, 6.45) is 1.14. The monoisotopic (exact) mass is 193 g/mol. The van der Waals surface area contributed by atoms with Crippen LogP contribution < -0.4 is 5.32 Å². The maximum absolute atomic E-state index is 9.38. The van der Waals surface area contributed by atoms with Crippen LogP contribution in [-0.2, 0) is 0 Å². The molecule has 1 rings (SSSR count). The van der Waals surface area contributed by atoms with Crippen molar-refractivity contribution in [3.63, 3.8) is 0 Å². The average molecular weight is 193 g/mol. The summed E-state index contributed by atoms with van der Waals surface area (Å²) in [5.41, 5.74) is 2.17. The molecule has 0 spiro atoms. The van der Waals surface area contributed by atoms with E-state index in [1.165, 1.54) is 5.56 Å². The number of phenolic OH excluding ortho intramolecular Hbond substituents is 1. The van der Waals surface area contributed by atoms with Gasteiger partial charge in [0.2, 0.25) is 0 Å². The summed E-state index contributed by atoms with van der Waals surface area (Å²) >= 11 is 0. The van der Waals surface area contributed by atoms with Crippen LogP contribution in [0.15, 0.2) is 18.2 Å². The van der Waals surface area contributed by atoms with Crippen LogP contribution in [0.25, 0.3) is 0 Å². The van der Waals surface area contributed by atoms with Crippen LogP contribution in [0.5, 0.6) is 5.75 Å². The molecular weight excluding hydrogens is 174 g/mol. The summed E-state index contributed by atoms with van der Waals surface area (Å²) in [7, 11) is 0. The van der Waals surface area contributed by atoms with Gasteiger partial charge in [-0.3, -0.25) is 0 Å². The lowest BCUT2D eigenvalue weighted by molar-refractivity contribution is 0.470. The van der Waals surface area contributed by atoms with E-state index in [-0.39, 0.29) is 0 Å². The van der Waals surface area contributed by atoms with E-state index in [0.29, 0.717) is 11.8 Å². The highest BCUT2D eigenvalue weighted by molar-refractivity contribution is 5.36. The molecule has 1 unspecified atom stereocenters. The van der Waals surface area contributed by atoms with Crippen LogP contribution in [0.3, 0.4) is 0 Å². The Hall–Kier alpha value is -1.02. The summed E-state index contributed by atoms with van der Waals surface area (Å²) in [6, 6.07) is 6.11. The lowest BCUT2D eigenvalue weighted by Crippen LogP contribution is -2.19. The van der Waals surface area contributed by atoms with Gasteiger partial charge in [-0.05, 0) is 44.0 Å². The molecule has 0 fully saturated rings. The second kappa shape index (κ2) is 5.01. The minimum atomic E-state index is 0.356. The molecule has 0 aliphatic carbocycles. The van der Waals surface area contributed by atoms with Crippen molar-refractivity contribution < 1.29 is 5.11 Å². The average Bonchev–Trinajstić information content (AvgIpc) is 2.18. The van der Waals surface area contributed by atoms with Crippen LogP contribution in [0, 0.1) is 6.92 Å². The number of rotatable bonds is 4. The first-order valence-corrected chi connectivity index (χ1v) is 5.18. The van der Waals surface area contributed by atoms with Crippen molar-refractivity contribution in [3.05, 3.63) is 29.3 Å². The van der Waals surface area contributed by atoms with Crippen molar-refractivity contribution in [2.45, 2.75) is 33.2 Å². The Morgan fingerprint density at radius 3 is 2.71 bits per heavy atom. The number of benzene rings is 1. The zero-order valence-corrected chi connectivity index (χ0v) is 9.17. The molecule has 0 bridgehead atoms. The minimum Gasteiger partial charge on any atom is -0.508 e. The number of phenols is 1. The number of aromatic hydroxyl groups is 1. The molecule has 78 valence electrons. The Morgan fingerprint density at radius 1 is 1.43 bits per heavy atom. The SMILES string of the molecule is CCCNC(C)c1ccc(O)c(C)c1. The van der Waals surface area contributed by atoms with Gasteiger partial charge in [-0.2, -0.15) is 0 Å². The van der Waals surface area contributed by atoms with E-state index in [1.54, 1.807) is 6.07 Å². The summed E-state index contributed by atoms with van der Waals surface area (Å²) in [5.74, 6) is 0.372. The van der Waals surface area contributed by atoms with Crippen LogP contribution in [0.2, 0.25) is 0 Å². The van der Waals surface area contributed by atoms with E-state index < -0.39 is 0 Å². The standard InChI is InChI=1S/C12H19NO/c1-4-7-13-10(3)11-5-6-12(14)9(2)8-11/h5-6,8,10,13-14H,4,7H2,1-3H3. The van der Waals surface area contributed by atoms with Crippen LogP contribution in [-0.4, -0.2) is 11.7 Å². The van der Waals surface area contributed by atoms with E-state index in [2.05, 4.69) is 19.2 Å². The molecule has 2 heteroatoms. The van der Waals surface area contributed by atoms with Gasteiger partial charge in [-0.15, -0.1) is 0 Å². The predicted octanol–water partition coefficient (Wildman–Crippen LogP) is 2.76. The molecule has 0 heterocycles. The van der Waals surface area contributed by atoms with Gasteiger partial charge in [-0.25, -0.2) is 0 Å². The first-order valence-electron chi connectivity index (χ1n) is 5.18. The summed E-state index contributed by atoms with van der Waals surface area (Å²) in [6.45, 7) is 7.25. The third-order valence-corrected chi connectivity index (χ3v) is 2.42. The first-order chi connectivity index (χ1) is 6.65. The molecule has 1 aromatic rings. The van der Waals surface area contributed by atoms with Crippen molar-refractivity contribution in [2.24, 2.45) is 0 Å². The van der Waals surface area contributed by atoms with E-state index in [4.69, 9.17) is 0 Å². The fourth-order valence-electron chi connectivity index (χ4n) is 1.43. The Kier molecular flexibility index (Phi) is 3.96. The number of hydrogen-bond donors (Lipinski definition) is 2. The minimum absolute atomic E-state index is 0.356. The van der Waals surface area contributed by atoms with Crippen LogP contribution in [0.1, 0.15) is 37.4 Å². The van der Waals surface area contributed by atoms with Gasteiger partial charge in [0.1, 0.15) is 5.75 Å². The zero-order chi connectivity index (χ0) is 10.6. The predicted molar refractivity (Wildman–Crippen MR) is 59.6 cm³/mol. The van der Waals surface area contributed by atoms with E-state index in [1.807, 2.05) is 19.1 Å². The smallest absolute Gasteiger partial charge is 0.118 e. The van der Waals surface area contributed by atoms with Gasteiger partial charge in [-0.1, -0.05) is 19.1 Å². The molecule has 1 atom stereocenters. The van der Waals surface area contributed by atoms with Crippen molar-refractivity contribution in [3.8, 4) is 5.75 Å². The molecule has 2 nitrogen and oxygen atoms in total. The molecule has 0 saturated carbocycles. The lowest BCUT2D eigenvalue weighted by atomic mass is 10.1. The molecule has 0 aromatic heterocycles. The number of nitrogens with one attached hydrogen (secondary N) is 1. The zero-order valence-electron chi connectivity index (χ0n) is 9.17. The maximum atomic E-state index is 9.38. The second-order valence-corrected chi connectivity index (χ2v) is 3.72. The van der Waals surface area contributed by atoms with Gasteiger partial charge in [0.15, 0.2) is 0 Å². The lowest BCUT2D eigenvalue weighted by Gasteiger charge is -2.14. The topological polar surface area (TPSA) is 32.3 Å². The van der Waals surface area contributed by atoms with Gasteiger partial charge in [0.25, 0.3) is 0 Å². The molecule has 0 aliphatic rings. The Bertz CT molecular complexity index is 296. The van der Waals surface area contributed by atoms with Crippen molar-refractivity contribution in [2.75, 3.05) is 6.54 Å². The van der Waals surface area contributed by atoms with Gasteiger partial charge >= 0.3 is 0 Å². The van der Waals surface area contributed by atoms with Crippen LogP contribution in [0.4, 0.5) is 0 Å². The molecule has 0 radical (unpaired) electrons. The third kappa shape index (κ3) is 2.74. The fourth-order valence-corrected chi connectivity index (χ4v) is 1.43. The van der Waals surface area contributed by atoms with Gasteiger partial charge < -0.3 is 10.4 Å². The van der Waals surface area contributed by atoms with Gasteiger partial charge in [0.05, 0.1) is 0 Å². The van der Waals surface area contributed by atoms with E-state index in [0.717, 1.165) is 18.5 Å². The first kappa shape index (κ1) is 11.1. The summed E-state index contributed by atoms with van der Waals surface area (Å²) < 4.78 is 0. The molecule has 0 saturated heterocycles. The Labute approximate surface area is 86.0 Å². The van der Waals surface area contributed by atoms with Crippen molar-refractivity contribution >= 4 is 0 Å². The summed E-state index contributed by atoms with van der Waals surface area (Å²) in [4.78, 5) is 0. The van der Waals surface area contributed by atoms with Crippen molar-refractivity contribution in [1.29, 1.82) is 0 Å². The summed E-state index contributed by atoms with van der Waals surface area (Å²) in [5, 5.41) is 12.8. The maximum Gasteiger partial charge on any atom is 0.118 e. The van der Waals surface area contributed by atoms with Crippen molar-refractivity contribution in [1.82, 2.24) is 5.32 Å². The highest BCUT2D eigenvalue weighted by atomic mass is 16.3. The largest absolute Gasteiger partial charge is 0.508 e. The van der Waals surface area contributed by atoms with E-state index >= 15 is 0 Å². The molecule has 2 N–H and O–H groups in total. The fraction of sp³-hybridized carbons (Fsp3) is 0.500. The second-order valence-electron chi connectivity index (χ2n) is 3.72. The quantitative estimate of drug-likeness (QED) is 0.770. The highest BCUT2D eigenvalue weighted by Crippen LogP contribution is 2.21. The number of aryl methyl sites for hydroxylation is 1. The molecule has 14 heavy (non-hydrogen) atoms. The molecular formula is C12H19NO. The molecule has 0 aliphatic heterocycles. The van der Waals surface area contributed by atoms with E-state index in [9.17, 15) is 5.11 Å². The number of hydrogen-bond acceptors (Lipinski definition) is 2. The Balaban J connectivity index is 2.70.